The lowest BCUT2D eigenvalue weighted by atomic mass is 9.96. The number of pyridine rings is 1. The number of nitrogens with zero attached hydrogens (tertiary/aromatic N) is 1. The largest absolute Gasteiger partial charge is 0.384 e. The maximum absolute atomic E-state index is 13.6. The zero-order valence-electron chi connectivity index (χ0n) is 11.0. The van der Waals surface area contributed by atoms with Crippen molar-refractivity contribution in [3.05, 3.63) is 77.4 Å². The van der Waals surface area contributed by atoms with Crippen molar-refractivity contribution in [1.29, 1.82) is 0 Å². The van der Waals surface area contributed by atoms with E-state index >= 15 is 0 Å². The van der Waals surface area contributed by atoms with Crippen LogP contribution in [0.2, 0.25) is 0 Å². The Labute approximate surface area is 116 Å². The highest BCUT2D eigenvalue weighted by molar-refractivity contribution is 5.85. The van der Waals surface area contributed by atoms with Gasteiger partial charge < -0.3 is 5.11 Å². The minimum atomic E-state index is -0.863. The third-order valence-electron chi connectivity index (χ3n) is 3.52. The molecule has 0 aliphatic carbocycles. The van der Waals surface area contributed by atoms with Gasteiger partial charge in [0, 0.05) is 17.8 Å². The zero-order chi connectivity index (χ0) is 14.1. The Kier molecular flexibility index (Phi) is 3.20. The third-order valence-corrected chi connectivity index (χ3v) is 3.52. The lowest BCUT2D eigenvalue weighted by molar-refractivity contribution is 0.221. The molecule has 1 heterocycles. The molecule has 0 saturated heterocycles. The fourth-order valence-corrected chi connectivity index (χ4v) is 2.33. The van der Waals surface area contributed by atoms with E-state index in [-0.39, 0.29) is 5.82 Å². The summed E-state index contributed by atoms with van der Waals surface area (Å²) in [5.41, 5.74) is 1.85. The molecule has 0 spiro atoms. The summed E-state index contributed by atoms with van der Waals surface area (Å²) in [6.07, 6.45) is 2.57. The summed E-state index contributed by atoms with van der Waals surface area (Å²) in [5.74, 6) is -0.306. The Morgan fingerprint density at radius 2 is 2.00 bits per heavy atom. The molecule has 0 bridgehead atoms. The number of fused-ring (bicyclic) bond motifs is 1. The van der Waals surface area contributed by atoms with E-state index in [0.29, 0.717) is 11.1 Å². The summed E-state index contributed by atoms with van der Waals surface area (Å²) >= 11 is 0. The predicted octanol–water partition coefficient (Wildman–Crippen LogP) is 3.76. The van der Waals surface area contributed by atoms with Gasteiger partial charge in [-0.15, -0.1) is 0 Å². The SMILES string of the molecule is Cc1ccc(C(O)c2cccc3ccncc23)cc1F. The fourth-order valence-electron chi connectivity index (χ4n) is 2.33. The number of rotatable bonds is 2. The van der Waals surface area contributed by atoms with E-state index in [9.17, 15) is 9.50 Å². The van der Waals surface area contributed by atoms with Crippen LogP contribution in [0, 0.1) is 12.7 Å². The monoisotopic (exact) mass is 267 g/mol. The Hall–Kier alpha value is -2.26. The number of halogens is 1. The Balaban J connectivity index is 2.12. The second kappa shape index (κ2) is 5.02. The van der Waals surface area contributed by atoms with Crippen LogP contribution in [0.3, 0.4) is 0 Å². The Morgan fingerprint density at radius 1 is 1.15 bits per heavy atom. The first-order chi connectivity index (χ1) is 9.66. The summed E-state index contributed by atoms with van der Waals surface area (Å²) in [5, 5.41) is 12.4. The second-order valence-corrected chi connectivity index (χ2v) is 4.86. The van der Waals surface area contributed by atoms with Gasteiger partial charge in [-0.05, 0) is 41.1 Å². The minimum absolute atomic E-state index is 0.306. The van der Waals surface area contributed by atoms with Gasteiger partial charge in [0.15, 0.2) is 0 Å². The molecular formula is C17H14FNO. The van der Waals surface area contributed by atoms with E-state index in [1.165, 1.54) is 6.07 Å². The van der Waals surface area contributed by atoms with E-state index < -0.39 is 6.10 Å². The zero-order valence-corrected chi connectivity index (χ0v) is 11.0. The molecule has 2 aromatic carbocycles. The molecule has 3 rings (SSSR count). The van der Waals surface area contributed by atoms with Gasteiger partial charge >= 0.3 is 0 Å². The normalized spacial score (nSPS) is 12.6. The van der Waals surface area contributed by atoms with E-state index in [0.717, 1.165) is 16.3 Å². The fraction of sp³-hybridized carbons (Fsp3) is 0.118. The van der Waals surface area contributed by atoms with Crippen LogP contribution in [0.25, 0.3) is 10.8 Å². The molecule has 3 aromatic rings. The van der Waals surface area contributed by atoms with Gasteiger partial charge in [-0.3, -0.25) is 4.98 Å². The second-order valence-electron chi connectivity index (χ2n) is 4.86. The van der Waals surface area contributed by atoms with Crippen LogP contribution in [-0.2, 0) is 0 Å². The first kappa shape index (κ1) is 12.8. The number of hydrogen-bond donors (Lipinski definition) is 1. The van der Waals surface area contributed by atoms with Crippen LogP contribution in [0.1, 0.15) is 22.8 Å². The first-order valence-electron chi connectivity index (χ1n) is 6.43. The third kappa shape index (κ3) is 2.17. The van der Waals surface area contributed by atoms with Crippen molar-refractivity contribution in [3.63, 3.8) is 0 Å². The molecule has 1 atom stereocenters. The number of benzene rings is 2. The summed E-state index contributed by atoms with van der Waals surface area (Å²) < 4.78 is 13.6. The van der Waals surface area contributed by atoms with E-state index in [2.05, 4.69) is 4.98 Å². The summed E-state index contributed by atoms with van der Waals surface area (Å²) in [6.45, 7) is 1.70. The van der Waals surface area contributed by atoms with Crippen molar-refractivity contribution < 1.29 is 9.50 Å². The van der Waals surface area contributed by atoms with E-state index in [1.807, 2.05) is 24.3 Å². The lowest BCUT2D eigenvalue weighted by Crippen LogP contribution is -2.02. The van der Waals surface area contributed by atoms with Gasteiger partial charge in [0.2, 0.25) is 0 Å². The average molecular weight is 267 g/mol. The smallest absolute Gasteiger partial charge is 0.126 e. The van der Waals surface area contributed by atoms with Gasteiger partial charge in [0.1, 0.15) is 11.9 Å². The number of aromatic nitrogens is 1. The highest BCUT2D eigenvalue weighted by Crippen LogP contribution is 2.29. The molecule has 0 fully saturated rings. The van der Waals surface area contributed by atoms with Gasteiger partial charge in [-0.25, -0.2) is 4.39 Å². The molecular weight excluding hydrogens is 253 g/mol. The van der Waals surface area contributed by atoms with Crippen molar-refractivity contribution in [2.24, 2.45) is 0 Å². The van der Waals surface area contributed by atoms with E-state index in [4.69, 9.17) is 0 Å². The van der Waals surface area contributed by atoms with Gasteiger partial charge in [0.05, 0.1) is 0 Å². The van der Waals surface area contributed by atoms with Gasteiger partial charge in [-0.1, -0.05) is 30.3 Å². The molecule has 1 aromatic heterocycles. The number of aryl methyl sites for hydroxylation is 1. The van der Waals surface area contributed by atoms with Gasteiger partial charge in [0.25, 0.3) is 0 Å². The molecule has 1 unspecified atom stereocenters. The van der Waals surface area contributed by atoms with Crippen LogP contribution >= 0.6 is 0 Å². The van der Waals surface area contributed by atoms with Crippen LogP contribution < -0.4 is 0 Å². The first-order valence-corrected chi connectivity index (χ1v) is 6.43. The molecule has 3 heteroatoms. The summed E-state index contributed by atoms with van der Waals surface area (Å²) in [7, 11) is 0. The topological polar surface area (TPSA) is 33.1 Å². The van der Waals surface area contributed by atoms with E-state index in [1.54, 1.807) is 31.5 Å². The van der Waals surface area contributed by atoms with Crippen molar-refractivity contribution in [3.8, 4) is 0 Å². The van der Waals surface area contributed by atoms with Crippen molar-refractivity contribution in [2.45, 2.75) is 13.0 Å². The molecule has 0 amide bonds. The number of aliphatic hydroxyl groups is 1. The lowest BCUT2D eigenvalue weighted by Gasteiger charge is -2.14. The van der Waals surface area contributed by atoms with Crippen molar-refractivity contribution in [1.82, 2.24) is 4.98 Å². The minimum Gasteiger partial charge on any atom is -0.384 e. The predicted molar refractivity (Wildman–Crippen MR) is 76.9 cm³/mol. The van der Waals surface area contributed by atoms with Crippen LogP contribution in [0.5, 0.6) is 0 Å². The molecule has 1 N–H and O–H groups in total. The van der Waals surface area contributed by atoms with Crippen LogP contribution in [0.15, 0.2) is 54.9 Å². The summed E-state index contributed by atoms with van der Waals surface area (Å²) in [4.78, 5) is 4.10. The van der Waals surface area contributed by atoms with Crippen LogP contribution in [0.4, 0.5) is 4.39 Å². The maximum atomic E-state index is 13.6. The van der Waals surface area contributed by atoms with Gasteiger partial charge in [-0.2, -0.15) is 0 Å². The highest BCUT2D eigenvalue weighted by atomic mass is 19.1. The van der Waals surface area contributed by atoms with Crippen molar-refractivity contribution in [2.75, 3.05) is 0 Å². The molecule has 20 heavy (non-hydrogen) atoms. The molecule has 2 nitrogen and oxygen atoms in total. The quantitative estimate of drug-likeness (QED) is 0.766. The molecule has 0 radical (unpaired) electrons. The molecule has 0 saturated carbocycles. The number of aliphatic hydroxyl groups excluding tert-OH is 1. The molecule has 0 aliphatic heterocycles. The maximum Gasteiger partial charge on any atom is 0.126 e. The Bertz CT molecular complexity index is 765. The average Bonchev–Trinajstić information content (AvgIpc) is 2.49. The summed E-state index contributed by atoms with van der Waals surface area (Å²) in [6, 6.07) is 12.4. The Morgan fingerprint density at radius 3 is 2.80 bits per heavy atom. The van der Waals surface area contributed by atoms with Crippen molar-refractivity contribution >= 4 is 10.8 Å². The standard InChI is InChI=1S/C17H14FNO/c1-11-5-6-13(9-16(11)18)17(20)14-4-2-3-12-7-8-19-10-15(12)14/h2-10,17,20H,1H3. The number of hydrogen-bond acceptors (Lipinski definition) is 2. The van der Waals surface area contributed by atoms with Crippen LogP contribution in [-0.4, -0.2) is 10.1 Å². The highest BCUT2D eigenvalue weighted by Gasteiger charge is 2.14. The molecule has 0 aliphatic rings. The molecule has 100 valence electrons.